The minimum absolute atomic E-state index is 0.184. The second-order valence-corrected chi connectivity index (χ2v) is 8.31. The lowest BCUT2D eigenvalue weighted by Gasteiger charge is -2.12. The number of anilines is 2. The van der Waals surface area contributed by atoms with Gasteiger partial charge in [0.05, 0.1) is 17.7 Å². The molecule has 0 unspecified atom stereocenters. The second kappa shape index (κ2) is 8.36. The van der Waals surface area contributed by atoms with E-state index in [1.54, 1.807) is 80.8 Å². The highest BCUT2D eigenvalue weighted by Gasteiger charge is 2.16. The van der Waals surface area contributed by atoms with E-state index in [1.807, 2.05) is 6.92 Å². The molecule has 0 spiro atoms. The summed E-state index contributed by atoms with van der Waals surface area (Å²) >= 11 is 0. The Morgan fingerprint density at radius 1 is 0.897 bits per heavy atom. The van der Waals surface area contributed by atoms with Gasteiger partial charge in [0.25, 0.3) is 15.9 Å². The standard InChI is InChI=1S/C22H22N2O4S/c1-15-4-11-20(12-5-15)29(26,27)24-21-13-6-17(14-16(21)2)22(25)23-18-7-9-19(28-3)10-8-18/h4-14,24H,1-3H3,(H,23,25). The van der Waals surface area contributed by atoms with E-state index in [-0.39, 0.29) is 10.8 Å². The molecule has 0 bridgehead atoms. The highest BCUT2D eigenvalue weighted by Crippen LogP contribution is 2.22. The van der Waals surface area contributed by atoms with Crippen molar-refractivity contribution < 1.29 is 17.9 Å². The zero-order chi connectivity index (χ0) is 21.0. The Morgan fingerprint density at radius 3 is 2.14 bits per heavy atom. The second-order valence-electron chi connectivity index (χ2n) is 6.63. The Balaban J connectivity index is 1.75. The molecule has 0 saturated carbocycles. The third kappa shape index (κ3) is 4.94. The lowest BCUT2D eigenvalue weighted by Crippen LogP contribution is -2.15. The van der Waals surface area contributed by atoms with Crippen LogP contribution in [0.3, 0.4) is 0 Å². The van der Waals surface area contributed by atoms with E-state index >= 15 is 0 Å². The molecule has 0 aromatic heterocycles. The molecule has 0 aliphatic carbocycles. The van der Waals surface area contributed by atoms with Crippen LogP contribution in [0.1, 0.15) is 21.5 Å². The van der Waals surface area contributed by atoms with Crippen LogP contribution in [0.2, 0.25) is 0 Å². The summed E-state index contributed by atoms with van der Waals surface area (Å²) in [6.45, 7) is 3.64. The summed E-state index contributed by atoms with van der Waals surface area (Å²) in [6, 6.07) is 18.4. The first kappa shape index (κ1) is 20.4. The van der Waals surface area contributed by atoms with Gasteiger partial charge in [-0.25, -0.2) is 8.42 Å². The third-order valence-corrected chi connectivity index (χ3v) is 5.79. The summed E-state index contributed by atoms with van der Waals surface area (Å²) in [7, 11) is -2.13. The van der Waals surface area contributed by atoms with Crippen LogP contribution >= 0.6 is 0 Å². The van der Waals surface area contributed by atoms with Crippen LogP contribution in [0, 0.1) is 13.8 Å². The lowest BCUT2D eigenvalue weighted by molar-refractivity contribution is 0.102. The predicted molar refractivity (Wildman–Crippen MR) is 114 cm³/mol. The Kier molecular flexibility index (Phi) is 5.89. The molecule has 150 valence electrons. The number of nitrogens with one attached hydrogen (secondary N) is 2. The zero-order valence-corrected chi connectivity index (χ0v) is 17.2. The summed E-state index contributed by atoms with van der Waals surface area (Å²) in [6.07, 6.45) is 0. The van der Waals surface area contributed by atoms with E-state index in [0.717, 1.165) is 5.56 Å². The topological polar surface area (TPSA) is 84.5 Å². The summed E-state index contributed by atoms with van der Waals surface area (Å²) in [5, 5.41) is 2.80. The van der Waals surface area contributed by atoms with Crippen LogP contribution in [0.25, 0.3) is 0 Å². The summed E-state index contributed by atoms with van der Waals surface area (Å²) in [5.74, 6) is 0.412. The van der Waals surface area contributed by atoms with Crippen LogP contribution in [0.4, 0.5) is 11.4 Å². The Labute approximate surface area is 170 Å². The van der Waals surface area contributed by atoms with Crippen molar-refractivity contribution in [3.63, 3.8) is 0 Å². The lowest BCUT2D eigenvalue weighted by atomic mass is 10.1. The maximum atomic E-state index is 12.6. The fourth-order valence-electron chi connectivity index (χ4n) is 2.72. The van der Waals surface area contributed by atoms with E-state index < -0.39 is 10.0 Å². The number of sulfonamides is 1. The minimum atomic E-state index is -3.70. The number of hydrogen-bond acceptors (Lipinski definition) is 4. The largest absolute Gasteiger partial charge is 0.497 e. The Morgan fingerprint density at radius 2 is 1.55 bits per heavy atom. The van der Waals surface area contributed by atoms with E-state index in [2.05, 4.69) is 10.0 Å². The van der Waals surface area contributed by atoms with Gasteiger partial charge < -0.3 is 10.1 Å². The molecule has 29 heavy (non-hydrogen) atoms. The highest BCUT2D eigenvalue weighted by molar-refractivity contribution is 7.92. The van der Waals surface area contributed by atoms with Crippen molar-refractivity contribution in [2.75, 3.05) is 17.1 Å². The van der Waals surface area contributed by atoms with Gasteiger partial charge in [-0.3, -0.25) is 9.52 Å². The molecular weight excluding hydrogens is 388 g/mol. The molecule has 3 aromatic carbocycles. The number of aryl methyl sites for hydroxylation is 2. The van der Waals surface area contributed by atoms with Gasteiger partial charge in [0.1, 0.15) is 5.75 Å². The van der Waals surface area contributed by atoms with Gasteiger partial charge in [-0.2, -0.15) is 0 Å². The molecule has 0 radical (unpaired) electrons. The number of amides is 1. The molecule has 1 amide bonds. The molecule has 2 N–H and O–H groups in total. The van der Waals surface area contributed by atoms with Crippen LogP contribution in [0.15, 0.2) is 71.6 Å². The average molecular weight is 410 g/mol. The van der Waals surface area contributed by atoms with Gasteiger partial charge in [0, 0.05) is 11.3 Å². The molecule has 0 atom stereocenters. The molecule has 3 aromatic rings. The number of ether oxygens (including phenoxy) is 1. The van der Waals surface area contributed by atoms with Gasteiger partial charge in [-0.05, 0) is 74.0 Å². The van der Waals surface area contributed by atoms with E-state index in [1.165, 1.54) is 0 Å². The fourth-order valence-corrected chi connectivity index (χ4v) is 3.85. The van der Waals surface area contributed by atoms with Crippen molar-refractivity contribution >= 4 is 27.3 Å². The normalized spacial score (nSPS) is 11.0. The van der Waals surface area contributed by atoms with Crippen molar-refractivity contribution in [2.45, 2.75) is 18.7 Å². The van der Waals surface area contributed by atoms with E-state index in [9.17, 15) is 13.2 Å². The first-order valence-corrected chi connectivity index (χ1v) is 10.4. The van der Waals surface area contributed by atoms with Gasteiger partial charge in [-0.1, -0.05) is 17.7 Å². The minimum Gasteiger partial charge on any atom is -0.497 e. The van der Waals surface area contributed by atoms with Crippen molar-refractivity contribution in [1.29, 1.82) is 0 Å². The highest BCUT2D eigenvalue weighted by atomic mass is 32.2. The Bertz CT molecular complexity index is 1120. The van der Waals surface area contributed by atoms with Gasteiger partial charge in [0.2, 0.25) is 0 Å². The number of rotatable bonds is 6. The smallest absolute Gasteiger partial charge is 0.261 e. The van der Waals surface area contributed by atoms with Crippen LogP contribution in [0.5, 0.6) is 5.75 Å². The molecule has 0 heterocycles. The molecule has 0 fully saturated rings. The first-order chi connectivity index (χ1) is 13.8. The number of methoxy groups -OCH3 is 1. The quantitative estimate of drug-likeness (QED) is 0.632. The van der Waals surface area contributed by atoms with Gasteiger partial charge in [0.15, 0.2) is 0 Å². The first-order valence-electron chi connectivity index (χ1n) is 8.94. The van der Waals surface area contributed by atoms with E-state index in [0.29, 0.717) is 28.3 Å². The third-order valence-electron chi connectivity index (χ3n) is 4.41. The van der Waals surface area contributed by atoms with E-state index in [4.69, 9.17) is 4.74 Å². The van der Waals surface area contributed by atoms with Gasteiger partial charge >= 0.3 is 0 Å². The molecule has 0 aliphatic rings. The van der Waals surface area contributed by atoms with Gasteiger partial charge in [-0.15, -0.1) is 0 Å². The molecule has 0 saturated heterocycles. The summed E-state index contributed by atoms with van der Waals surface area (Å²) in [5.41, 5.74) is 3.11. The van der Waals surface area contributed by atoms with Crippen LogP contribution in [-0.2, 0) is 10.0 Å². The Hall–Kier alpha value is -3.32. The average Bonchev–Trinajstić information content (AvgIpc) is 2.70. The SMILES string of the molecule is COc1ccc(NC(=O)c2ccc(NS(=O)(=O)c3ccc(C)cc3)c(C)c2)cc1. The molecule has 3 rings (SSSR count). The van der Waals surface area contributed by atoms with Crippen molar-refractivity contribution in [1.82, 2.24) is 0 Å². The van der Waals surface area contributed by atoms with Crippen molar-refractivity contribution in [3.05, 3.63) is 83.4 Å². The molecular formula is C22H22N2O4S. The van der Waals surface area contributed by atoms with Crippen LogP contribution < -0.4 is 14.8 Å². The summed E-state index contributed by atoms with van der Waals surface area (Å²) in [4.78, 5) is 12.7. The number of carbonyl (C=O) groups excluding carboxylic acids is 1. The summed E-state index contributed by atoms with van der Waals surface area (Å²) < 4.78 is 32.8. The monoisotopic (exact) mass is 410 g/mol. The maximum Gasteiger partial charge on any atom is 0.261 e. The molecule has 0 aliphatic heterocycles. The van der Waals surface area contributed by atoms with Crippen LogP contribution in [-0.4, -0.2) is 21.4 Å². The zero-order valence-electron chi connectivity index (χ0n) is 16.4. The maximum absolute atomic E-state index is 12.6. The molecule has 7 heteroatoms. The van der Waals surface area contributed by atoms with Crippen molar-refractivity contribution in [3.8, 4) is 5.75 Å². The van der Waals surface area contributed by atoms with Crippen molar-refractivity contribution in [2.24, 2.45) is 0 Å². The number of benzene rings is 3. The fraction of sp³-hybridized carbons (Fsp3) is 0.136. The number of carbonyl (C=O) groups is 1. The molecule has 6 nitrogen and oxygen atoms in total. The predicted octanol–water partition coefficient (Wildman–Crippen LogP) is 4.37. The number of hydrogen-bond donors (Lipinski definition) is 2.